The smallest absolute Gasteiger partial charge is 0.361 e. The Morgan fingerprint density at radius 3 is 2.76 bits per heavy atom. The van der Waals surface area contributed by atoms with Crippen molar-refractivity contribution >= 4 is 23.3 Å². The van der Waals surface area contributed by atoms with Gasteiger partial charge >= 0.3 is 5.97 Å². The maximum absolute atomic E-state index is 12.9. The Bertz CT molecular complexity index is 448. The molecule has 0 spiro atoms. The van der Waals surface area contributed by atoms with Gasteiger partial charge < -0.3 is 9.57 Å². The van der Waals surface area contributed by atoms with E-state index in [1.807, 2.05) is 0 Å². The first-order valence-corrected chi connectivity index (χ1v) is 5.21. The van der Waals surface area contributed by atoms with Crippen molar-refractivity contribution in [3.05, 3.63) is 34.6 Å². The molecule has 4 nitrogen and oxygen atoms in total. The number of oxime groups is 1. The molecule has 1 aromatic carbocycles. The standard InChI is InChI=1S/C11H11ClFNO3/c1-3-17-11(15)10(14-16-2)8-5-4-7(13)6-9(8)12/h4-6H,3H2,1-2H3. The highest BCUT2D eigenvalue weighted by Gasteiger charge is 2.19. The number of nitrogens with zero attached hydrogens (tertiary/aromatic N) is 1. The summed E-state index contributed by atoms with van der Waals surface area (Å²) < 4.78 is 17.7. The van der Waals surface area contributed by atoms with Gasteiger partial charge in [0.25, 0.3) is 0 Å². The number of esters is 1. The Kier molecular flexibility index (Phi) is 4.90. The molecule has 0 radical (unpaired) electrons. The zero-order chi connectivity index (χ0) is 12.8. The summed E-state index contributed by atoms with van der Waals surface area (Å²) in [7, 11) is 1.29. The van der Waals surface area contributed by atoms with E-state index in [9.17, 15) is 9.18 Å². The monoisotopic (exact) mass is 259 g/mol. The molecule has 0 fully saturated rings. The Hall–Kier alpha value is -1.62. The topological polar surface area (TPSA) is 47.9 Å². The molecule has 0 heterocycles. The molecule has 0 aliphatic carbocycles. The van der Waals surface area contributed by atoms with Crippen molar-refractivity contribution in [2.24, 2.45) is 5.16 Å². The highest BCUT2D eigenvalue weighted by Crippen LogP contribution is 2.19. The quantitative estimate of drug-likeness (QED) is 0.474. The third-order valence-electron chi connectivity index (χ3n) is 1.84. The fourth-order valence-corrected chi connectivity index (χ4v) is 1.43. The first kappa shape index (κ1) is 13.4. The predicted octanol–water partition coefficient (Wildman–Crippen LogP) is 2.39. The molecule has 6 heteroatoms. The molecule has 0 amide bonds. The van der Waals surface area contributed by atoms with Gasteiger partial charge in [-0.1, -0.05) is 16.8 Å². The number of hydrogen-bond donors (Lipinski definition) is 0. The van der Waals surface area contributed by atoms with E-state index in [-0.39, 0.29) is 22.9 Å². The van der Waals surface area contributed by atoms with Crippen molar-refractivity contribution in [1.82, 2.24) is 0 Å². The molecule has 1 aromatic rings. The fraction of sp³-hybridized carbons (Fsp3) is 0.273. The molecule has 0 saturated carbocycles. The van der Waals surface area contributed by atoms with E-state index >= 15 is 0 Å². The Labute approximate surface area is 103 Å². The zero-order valence-corrected chi connectivity index (χ0v) is 10.1. The maximum Gasteiger partial charge on any atom is 0.361 e. The fourth-order valence-electron chi connectivity index (χ4n) is 1.17. The molecule has 0 aliphatic rings. The van der Waals surface area contributed by atoms with Crippen molar-refractivity contribution < 1.29 is 18.8 Å². The molecule has 1 rings (SSSR count). The largest absolute Gasteiger partial charge is 0.461 e. The lowest BCUT2D eigenvalue weighted by Gasteiger charge is -2.07. The zero-order valence-electron chi connectivity index (χ0n) is 9.37. The van der Waals surface area contributed by atoms with Crippen molar-refractivity contribution in [2.45, 2.75) is 6.92 Å². The molecular formula is C11H11ClFNO3. The SMILES string of the molecule is CCOC(=O)C(=NOC)c1ccc(F)cc1Cl. The molecule has 0 atom stereocenters. The molecule has 0 aromatic heterocycles. The van der Waals surface area contributed by atoms with Gasteiger partial charge in [-0.05, 0) is 25.1 Å². The van der Waals surface area contributed by atoms with Gasteiger partial charge in [0.2, 0.25) is 0 Å². The summed E-state index contributed by atoms with van der Waals surface area (Å²) in [4.78, 5) is 16.1. The van der Waals surface area contributed by atoms with E-state index in [1.54, 1.807) is 6.92 Å². The van der Waals surface area contributed by atoms with Crippen molar-refractivity contribution in [1.29, 1.82) is 0 Å². The van der Waals surface area contributed by atoms with Gasteiger partial charge in [-0.25, -0.2) is 9.18 Å². The lowest BCUT2D eigenvalue weighted by Crippen LogP contribution is -2.19. The minimum absolute atomic E-state index is 0.0638. The number of rotatable bonds is 4. The summed E-state index contributed by atoms with van der Waals surface area (Å²) in [5.41, 5.74) is 0.160. The normalized spacial score (nSPS) is 11.2. The van der Waals surface area contributed by atoms with E-state index in [0.29, 0.717) is 0 Å². The second-order valence-electron chi connectivity index (χ2n) is 2.97. The van der Waals surface area contributed by atoms with Gasteiger partial charge in [-0.3, -0.25) is 0 Å². The van der Waals surface area contributed by atoms with Crippen LogP contribution in [0.15, 0.2) is 23.4 Å². The molecule has 92 valence electrons. The number of benzene rings is 1. The summed E-state index contributed by atoms with van der Waals surface area (Å²) in [5.74, 6) is -1.18. The van der Waals surface area contributed by atoms with Crippen molar-refractivity contribution in [3.8, 4) is 0 Å². The van der Waals surface area contributed by atoms with E-state index < -0.39 is 11.8 Å². The van der Waals surface area contributed by atoms with Crippen LogP contribution in [-0.4, -0.2) is 25.4 Å². The number of halogens is 2. The third-order valence-corrected chi connectivity index (χ3v) is 2.15. The molecule has 0 unspecified atom stereocenters. The van der Waals surface area contributed by atoms with Crippen LogP contribution in [0.25, 0.3) is 0 Å². The first-order chi connectivity index (χ1) is 8.10. The maximum atomic E-state index is 12.9. The molecule has 0 N–H and O–H groups in total. The van der Waals surface area contributed by atoms with Gasteiger partial charge in [-0.2, -0.15) is 0 Å². The Balaban J connectivity index is 3.15. The van der Waals surface area contributed by atoms with Crippen LogP contribution in [0.2, 0.25) is 5.02 Å². The highest BCUT2D eigenvalue weighted by atomic mass is 35.5. The molecular weight excluding hydrogens is 249 g/mol. The van der Waals surface area contributed by atoms with E-state index in [4.69, 9.17) is 16.3 Å². The lowest BCUT2D eigenvalue weighted by molar-refractivity contribution is -0.135. The predicted molar refractivity (Wildman–Crippen MR) is 61.6 cm³/mol. The van der Waals surface area contributed by atoms with Gasteiger partial charge in [-0.15, -0.1) is 0 Å². The Morgan fingerprint density at radius 2 is 2.24 bits per heavy atom. The lowest BCUT2D eigenvalue weighted by atomic mass is 10.1. The number of hydrogen-bond acceptors (Lipinski definition) is 4. The van der Waals surface area contributed by atoms with Crippen LogP contribution in [0.3, 0.4) is 0 Å². The van der Waals surface area contributed by atoms with Gasteiger partial charge in [0.05, 0.1) is 11.6 Å². The summed E-state index contributed by atoms with van der Waals surface area (Å²) >= 11 is 5.82. The van der Waals surface area contributed by atoms with Crippen LogP contribution in [-0.2, 0) is 14.4 Å². The van der Waals surface area contributed by atoms with E-state index in [1.165, 1.54) is 19.2 Å². The van der Waals surface area contributed by atoms with Gasteiger partial charge in [0.15, 0.2) is 5.71 Å². The van der Waals surface area contributed by atoms with Crippen molar-refractivity contribution in [3.63, 3.8) is 0 Å². The summed E-state index contributed by atoms with van der Waals surface area (Å²) in [6.45, 7) is 1.86. The average molecular weight is 260 g/mol. The van der Waals surface area contributed by atoms with Crippen LogP contribution in [0.1, 0.15) is 12.5 Å². The molecule has 0 bridgehead atoms. The van der Waals surface area contributed by atoms with Crippen LogP contribution in [0.4, 0.5) is 4.39 Å². The van der Waals surface area contributed by atoms with E-state index in [2.05, 4.69) is 9.99 Å². The van der Waals surface area contributed by atoms with Crippen LogP contribution < -0.4 is 0 Å². The number of carbonyl (C=O) groups is 1. The third kappa shape index (κ3) is 3.42. The van der Waals surface area contributed by atoms with Crippen molar-refractivity contribution in [2.75, 3.05) is 13.7 Å². The van der Waals surface area contributed by atoms with Gasteiger partial charge in [0.1, 0.15) is 12.9 Å². The number of ether oxygens (including phenoxy) is 1. The minimum atomic E-state index is -0.678. The molecule has 17 heavy (non-hydrogen) atoms. The van der Waals surface area contributed by atoms with Gasteiger partial charge in [0, 0.05) is 5.56 Å². The summed E-state index contributed by atoms with van der Waals surface area (Å²) in [6.07, 6.45) is 0. The van der Waals surface area contributed by atoms with Crippen LogP contribution in [0.5, 0.6) is 0 Å². The highest BCUT2D eigenvalue weighted by molar-refractivity contribution is 6.47. The first-order valence-electron chi connectivity index (χ1n) is 4.83. The average Bonchev–Trinajstić information content (AvgIpc) is 2.27. The molecule has 0 saturated heterocycles. The van der Waals surface area contributed by atoms with Crippen LogP contribution in [0, 0.1) is 5.82 Å². The van der Waals surface area contributed by atoms with Crippen LogP contribution >= 0.6 is 11.6 Å². The minimum Gasteiger partial charge on any atom is -0.461 e. The molecule has 0 aliphatic heterocycles. The second kappa shape index (κ2) is 6.20. The second-order valence-corrected chi connectivity index (χ2v) is 3.37. The van der Waals surface area contributed by atoms with E-state index in [0.717, 1.165) is 6.07 Å². The Morgan fingerprint density at radius 1 is 1.53 bits per heavy atom. The summed E-state index contributed by atoms with van der Waals surface area (Å²) in [6, 6.07) is 3.60. The number of carbonyl (C=O) groups excluding carboxylic acids is 1. The summed E-state index contributed by atoms with van der Waals surface area (Å²) in [5, 5.41) is 3.60.